The lowest BCUT2D eigenvalue weighted by Crippen LogP contribution is -2.34. The summed E-state index contributed by atoms with van der Waals surface area (Å²) in [5.41, 5.74) is 8.23. The van der Waals surface area contributed by atoms with E-state index < -0.39 is 11.2 Å². The van der Waals surface area contributed by atoms with Crippen molar-refractivity contribution in [3.63, 3.8) is 0 Å². The summed E-state index contributed by atoms with van der Waals surface area (Å²) in [6, 6.07) is 8.59. The predicted molar refractivity (Wildman–Crippen MR) is 113 cm³/mol. The molecule has 0 radical (unpaired) electrons. The van der Waals surface area contributed by atoms with Gasteiger partial charge in [0.1, 0.15) is 11.4 Å². The Bertz CT molecular complexity index is 872. The van der Waals surface area contributed by atoms with Gasteiger partial charge in [0.15, 0.2) is 5.82 Å². The van der Waals surface area contributed by atoms with Crippen LogP contribution in [0.15, 0.2) is 29.2 Å². The fraction of sp³-hybridized carbons (Fsp3) is 0.500. The minimum atomic E-state index is -1.01. The number of aryl methyl sites for hydroxylation is 1. The van der Waals surface area contributed by atoms with Crippen molar-refractivity contribution in [3.05, 3.63) is 40.5 Å². The average molecular weight is 418 g/mol. The lowest BCUT2D eigenvalue weighted by molar-refractivity contribution is 0.499. The summed E-state index contributed by atoms with van der Waals surface area (Å²) in [4.78, 5) is 12.6. The molecule has 1 saturated carbocycles. The van der Waals surface area contributed by atoms with Crippen LogP contribution >= 0.6 is 11.6 Å². The molecule has 1 aliphatic carbocycles. The third kappa shape index (κ3) is 3.56. The van der Waals surface area contributed by atoms with E-state index in [4.69, 9.17) is 27.3 Å². The van der Waals surface area contributed by atoms with Gasteiger partial charge in [-0.3, -0.25) is 0 Å². The molecule has 28 heavy (non-hydrogen) atoms. The second-order valence-corrected chi connectivity index (χ2v) is 9.85. The van der Waals surface area contributed by atoms with E-state index >= 15 is 0 Å². The van der Waals surface area contributed by atoms with Gasteiger partial charge in [-0.15, -0.1) is 0 Å². The van der Waals surface area contributed by atoms with Crippen LogP contribution < -0.4 is 16.0 Å². The summed E-state index contributed by atoms with van der Waals surface area (Å²) < 4.78 is 12.4. The molecule has 3 atom stereocenters. The van der Waals surface area contributed by atoms with Crippen LogP contribution in [0.4, 0.5) is 11.8 Å². The van der Waals surface area contributed by atoms with Crippen LogP contribution in [0, 0.1) is 0 Å². The van der Waals surface area contributed by atoms with Crippen LogP contribution in [0.25, 0.3) is 0 Å². The minimum absolute atomic E-state index is 0.166. The Labute approximate surface area is 173 Å². The smallest absolute Gasteiger partial charge is 0.227 e. The van der Waals surface area contributed by atoms with E-state index in [0.29, 0.717) is 11.7 Å². The molecule has 1 aromatic carbocycles. The zero-order chi connectivity index (χ0) is 19.3. The molecule has 3 heterocycles. The SMILES string of the molecule is N[C@@H]1CC1Nc1nc(N2CCC(c3ccc(Cl)cc3)CC2)nc2c1[S+]([O-])CC2. The standard InChI is InChI=1S/C20H24ClN5OS/c21-14-3-1-12(2-4-14)13-5-8-26(9-6-13)20-24-16-7-10-28(27)18(16)19(25-20)23-17-11-15(17)22/h1-4,13,15,17H,5-11,22H2,(H,23,24,25)/t15-,17?,28?/m1/s1. The fourth-order valence-corrected chi connectivity index (χ4v) is 5.57. The van der Waals surface area contributed by atoms with Crippen LogP contribution in [0.2, 0.25) is 5.02 Å². The molecule has 0 spiro atoms. The van der Waals surface area contributed by atoms with Gasteiger partial charge < -0.3 is 20.5 Å². The van der Waals surface area contributed by atoms with E-state index in [-0.39, 0.29) is 12.1 Å². The van der Waals surface area contributed by atoms with Gasteiger partial charge in [-0.1, -0.05) is 23.7 Å². The van der Waals surface area contributed by atoms with Gasteiger partial charge in [0, 0.05) is 36.6 Å². The maximum atomic E-state index is 12.4. The van der Waals surface area contributed by atoms with E-state index in [1.807, 2.05) is 12.1 Å². The van der Waals surface area contributed by atoms with E-state index in [2.05, 4.69) is 22.3 Å². The van der Waals surface area contributed by atoms with Crippen LogP contribution in [-0.2, 0) is 17.6 Å². The average Bonchev–Trinajstić information content (AvgIpc) is 3.26. The van der Waals surface area contributed by atoms with Crippen molar-refractivity contribution in [2.75, 3.05) is 29.1 Å². The highest BCUT2D eigenvalue weighted by molar-refractivity contribution is 7.91. The molecule has 0 bridgehead atoms. The number of hydrogen-bond acceptors (Lipinski definition) is 6. The Hall–Kier alpha value is -1.54. The number of aromatic nitrogens is 2. The lowest BCUT2D eigenvalue weighted by atomic mass is 9.89. The Morgan fingerprint density at radius 1 is 1.18 bits per heavy atom. The van der Waals surface area contributed by atoms with Gasteiger partial charge in [-0.05, 0) is 54.1 Å². The quantitative estimate of drug-likeness (QED) is 0.743. The number of benzene rings is 1. The van der Waals surface area contributed by atoms with Crippen molar-refractivity contribution >= 4 is 34.5 Å². The summed E-state index contributed by atoms with van der Waals surface area (Å²) in [7, 11) is 0. The maximum Gasteiger partial charge on any atom is 0.227 e. The first kappa shape index (κ1) is 18.5. The molecule has 8 heteroatoms. The fourth-order valence-electron chi connectivity index (χ4n) is 4.13. The zero-order valence-electron chi connectivity index (χ0n) is 15.6. The van der Waals surface area contributed by atoms with Gasteiger partial charge >= 0.3 is 0 Å². The van der Waals surface area contributed by atoms with Crippen molar-refractivity contribution in [3.8, 4) is 0 Å². The summed E-state index contributed by atoms with van der Waals surface area (Å²) in [6.45, 7) is 1.83. The van der Waals surface area contributed by atoms with Crippen molar-refractivity contribution in [2.24, 2.45) is 5.73 Å². The first-order valence-corrected chi connectivity index (χ1v) is 11.6. The predicted octanol–water partition coefficient (Wildman–Crippen LogP) is 2.69. The summed E-state index contributed by atoms with van der Waals surface area (Å²) >= 11 is 5.00. The molecule has 5 rings (SSSR count). The molecule has 2 aromatic rings. The zero-order valence-corrected chi connectivity index (χ0v) is 17.2. The molecule has 0 amide bonds. The second kappa shape index (κ2) is 7.37. The summed E-state index contributed by atoms with van der Waals surface area (Å²) in [5, 5.41) is 4.19. The van der Waals surface area contributed by atoms with Crippen molar-refractivity contribution in [1.29, 1.82) is 0 Å². The van der Waals surface area contributed by atoms with Gasteiger partial charge in [-0.25, -0.2) is 4.98 Å². The highest BCUT2D eigenvalue weighted by atomic mass is 35.5. The Morgan fingerprint density at radius 3 is 2.57 bits per heavy atom. The summed E-state index contributed by atoms with van der Waals surface area (Å²) in [6.07, 6.45) is 3.81. The van der Waals surface area contributed by atoms with Crippen LogP contribution in [0.5, 0.6) is 0 Å². The van der Waals surface area contributed by atoms with E-state index in [1.54, 1.807) is 0 Å². The highest BCUT2D eigenvalue weighted by Gasteiger charge is 2.39. The number of piperidine rings is 1. The molecule has 2 unspecified atom stereocenters. The van der Waals surface area contributed by atoms with Crippen molar-refractivity contribution in [1.82, 2.24) is 9.97 Å². The van der Waals surface area contributed by atoms with Gasteiger partial charge in [0.05, 0.1) is 0 Å². The molecule has 148 valence electrons. The monoisotopic (exact) mass is 417 g/mol. The molecule has 2 aliphatic heterocycles. The number of anilines is 2. The van der Waals surface area contributed by atoms with Gasteiger partial charge in [0.25, 0.3) is 0 Å². The topological polar surface area (TPSA) is 90.1 Å². The number of nitrogens with one attached hydrogen (secondary N) is 1. The van der Waals surface area contributed by atoms with Crippen LogP contribution in [0.3, 0.4) is 0 Å². The van der Waals surface area contributed by atoms with Crippen LogP contribution in [-0.4, -0.2) is 45.4 Å². The van der Waals surface area contributed by atoms with E-state index in [0.717, 1.165) is 66.2 Å². The number of halogens is 1. The number of hydrogen-bond donors (Lipinski definition) is 2. The van der Waals surface area contributed by atoms with Gasteiger partial charge in [-0.2, -0.15) is 4.98 Å². The third-order valence-corrected chi connectivity index (χ3v) is 7.67. The molecule has 3 aliphatic rings. The minimum Gasteiger partial charge on any atom is -0.611 e. The molecule has 1 saturated heterocycles. The van der Waals surface area contributed by atoms with Crippen molar-refractivity contribution in [2.45, 2.75) is 48.6 Å². The number of nitrogens with zero attached hydrogens (tertiary/aromatic N) is 3. The molecule has 1 aromatic heterocycles. The molecular formula is C20H24ClN5OS. The molecular weight excluding hydrogens is 394 g/mol. The van der Waals surface area contributed by atoms with Crippen LogP contribution in [0.1, 0.15) is 36.4 Å². The van der Waals surface area contributed by atoms with Crippen molar-refractivity contribution < 1.29 is 4.55 Å². The molecule has 6 nitrogen and oxygen atoms in total. The second-order valence-electron chi connectivity index (χ2n) is 7.91. The Kier molecular flexibility index (Phi) is 4.87. The van der Waals surface area contributed by atoms with E-state index in [1.165, 1.54) is 5.56 Å². The highest BCUT2D eigenvalue weighted by Crippen LogP contribution is 2.36. The third-order valence-electron chi connectivity index (χ3n) is 5.96. The number of nitrogens with two attached hydrogens (primary N) is 1. The molecule has 3 N–H and O–H groups in total. The maximum absolute atomic E-state index is 12.4. The Morgan fingerprint density at radius 2 is 1.89 bits per heavy atom. The number of rotatable bonds is 4. The summed E-state index contributed by atoms with van der Waals surface area (Å²) in [5.74, 6) is 2.66. The van der Waals surface area contributed by atoms with E-state index in [9.17, 15) is 4.55 Å². The Balaban J connectivity index is 1.34. The number of fused-ring (bicyclic) bond motifs is 1. The largest absolute Gasteiger partial charge is 0.611 e. The van der Waals surface area contributed by atoms with Gasteiger partial charge in [0.2, 0.25) is 10.8 Å². The first-order chi connectivity index (χ1) is 13.6. The lowest BCUT2D eigenvalue weighted by Gasteiger charge is -2.32. The normalized spacial score (nSPS) is 27.0. The first-order valence-electron chi connectivity index (χ1n) is 9.90. The molecule has 2 fully saturated rings.